The molecule has 102 valence electrons. The maximum absolute atomic E-state index is 6.18. The Morgan fingerprint density at radius 2 is 2.26 bits per heavy atom. The molecule has 1 aromatic heterocycles. The van der Waals surface area contributed by atoms with E-state index in [9.17, 15) is 0 Å². The first kappa shape index (κ1) is 13.9. The zero-order valence-corrected chi connectivity index (χ0v) is 11.9. The van der Waals surface area contributed by atoms with Crippen molar-refractivity contribution in [3.05, 3.63) is 47.0 Å². The zero-order chi connectivity index (χ0) is 13.7. The molecule has 0 aliphatic heterocycles. The second-order valence-electron chi connectivity index (χ2n) is 4.26. The van der Waals surface area contributed by atoms with Crippen LogP contribution in [0.3, 0.4) is 0 Å². The minimum atomic E-state index is 0.592. The van der Waals surface area contributed by atoms with Gasteiger partial charge in [-0.25, -0.2) is 4.98 Å². The molecule has 1 aromatic carbocycles. The zero-order valence-electron chi connectivity index (χ0n) is 11.2. The maximum Gasteiger partial charge on any atom is 0.125 e. The van der Waals surface area contributed by atoms with Crippen LogP contribution in [-0.2, 0) is 13.1 Å². The molecule has 0 amide bonds. The van der Waals surface area contributed by atoms with Crippen molar-refractivity contribution < 1.29 is 4.74 Å². The highest BCUT2D eigenvalue weighted by molar-refractivity contribution is 6.31. The maximum atomic E-state index is 6.18. The summed E-state index contributed by atoms with van der Waals surface area (Å²) in [5, 5.41) is 3.83. The lowest BCUT2D eigenvalue weighted by Gasteiger charge is -2.13. The molecular weight excluding hydrogens is 262 g/mol. The summed E-state index contributed by atoms with van der Waals surface area (Å²) in [6.45, 7) is 4.04. The SMILES string of the molecule is CNCc1c(Cl)cccc1OCCn1ccnc1C. The third-order valence-electron chi connectivity index (χ3n) is 2.94. The van der Waals surface area contributed by atoms with Crippen LogP contribution in [0.2, 0.25) is 5.02 Å². The van der Waals surface area contributed by atoms with E-state index < -0.39 is 0 Å². The van der Waals surface area contributed by atoms with Crippen molar-refractivity contribution in [2.45, 2.75) is 20.0 Å². The summed E-state index contributed by atoms with van der Waals surface area (Å²) in [6, 6.07) is 5.72. The summed E-state index contributed by atoms with van der Waals surface area (Å²) >= 11 is 6.18. The fourth-order valence-corrected chi connectivity index (χ4v) is 2.15. The molecule has 1 heterocycles. The van der Waals surface area contributed by atoms with E-state index in [-0.39, 0.29) is 0 Å². The summed E-state index contributed by atoms with van der Waals surface area (Å²) in [7, 11) is 1.89. The molecule has 2 rings (SSSR count). The first-order valence-corrected chi connectivity index (χ1v) is 6.62. The van der Waals surface area contributed by atoms with Gasteiger partial charge in [0.15, 0.2) is 0 Å². The molecule has 0 atom stereocenters. The molecule has 19 heavy (non-hydrogen) atoms. The Morgan fingerprint density at radius 1 is 1.42 bits per heavy atom. The highest BCUT2D eigenvalue weighted by Gasteiger charge is 2.07. The number of rotatable bonds is 6. The Labute approximate surface area is 118 Å². The van der Waals surface area contributed by atoms with Crippen molar-refractivity contribution in [1.29, 1.82) is 0 Å². The van der Waals surface area contributed by atoms with Crippen LogP contribution in [0, 0.1) is 6.92 Å². The van der Waals surface area contributed by atoms with Crippen molar-refractivity contribution in [2.24, 2.45) is 0 Å². The van der Waals surface area contributed by atoms with Gasteiger partial charge in [0.05, 0.1) is 6.54 Å². The summed E-state index contributed by atoms with van der Waals surface area (Å²) < 4.78 is 7.88. The second-order valence-corrected chi connectivity index (χ2v) is 4.67. The molecule has 0 saturated heterocycles. The first-order valence-electron chi connectivity index (χ1n) is 6.25. The lowest BCUT2D eigenvalue weighted by molar-refractivity contribution is 0.294. The van der Waals surface area contributed by atoms with Crippen LogP contribution in [0.25, 0.3) is 0 Å². The van der Waals surface area contributed by atoms with Gasteiger partial charge < -0.3 is 14.6 Å². The number of ether oxygens (including phenoxy) is 1. The average Bonchev–Trinajstić information content (AvgIpc) is 2.79. The number of hydrogen-bond donors (Lipinski definition) is 1. The van der Waals surface area contributed by atoms with Gasteiger partial charge in [-0.1, -0.05) is 17.7 Å². The quantitative estimate of drug-likeness (QED) is 0.884. The third kappa shape index (κ3) is 3.49. The fourth-order valence-electron chi connectivity index (χ4n) is 1.92. The standard InChI is InChI=1S/C14H18ClN3O/c1-11-17-6-7-18(11)8-9-19-14-5-3-4-13(15)12(14)10-16-2/h3-7,16H,8-10H2,1-2H3. The van der Waals surface area contributed by atoms with Crippen molar-refractivity contribution in [3.8, 4) is 5.75 Å². The number of nitrogens with zero attached hydrogens (tertiary/aromatic N) is 2. The largest absolute Gasteiger partial charge is 0.491 e. The van der Waals surface area contributed by atoms with Crippen molar-refractivity contribution in [2.75, 3.05) is 13.7 Å². The number of aromatic nitrogens is 2. The van der Waals surface area contributed by atoms with Crippen LogP contribution in [-0.4, -0.2) is 23.2 Å². The highest BCUT2D eigenvalue weighted by atomic mass is 35.5. The molecule has 0 aliphatic carbocycles. The van der Waals surface area contributed by atoms with Gasteiger partial charge in [0.2, 0.25) is 0 Å². The monoisotopic (exact) mass is 279 g/mol. The van der Waals surface area contributed by atoms with Crippen LogP contribution in [0.4, 0.5) is 0 Å². The highest BCUT2D eigenvalue weighted by Crippen LogP contribution is 2.26. The van der Waals surface area contributed by atoms with E-state index in [1.807, 2.05) is 38.4 Å². The van der Waals surface area contributed by atoms with E-state index in [4.69, 9.17) is 16.3 Å². The number of hydrogen-bond acceptors (Lipinski definition) is 3. The van der Waals surface area contributed by atoms with Gasteiger partial charge in [-0.3, -0.25) is 0 Å². The molecular formula is C14H18ClN3O. The van der Waals surface area contributed by atoms with Crippen LogP contribution in [0.15, 0.2) is 30.6 Å². The Balaban J connectivity index is 1.99. The Bertz CT molecular complexity index is 539. The van der Waals surface area contributed by atoms with Gasteiger partial charge in [-0.05, 0) is 26.1 Å². The predicted octanol–water partition coefficient (Wildman–Crippen LogP) is 2.64. The Kier molecular flexibility index (Phi) is 4.82. The van der Waals surface area contributed by atoms with Crippen molar-refractivity contribution in [3.63, 3.8) is 0 Å². The molecule has 5 heteroatoms. The van der Waals surface area contributed by atoms with E-state index in [1.165, 1.54) is 0 Å². The number of benzene rings is 1. The number of aryl methyl sites for hydroxylation is 1. The summed E-state index contributed by atoms with van der Waals surface area (Å²) in [5.41, 5.74) is 0.994. The molecule has 0 aliphatic rings. The molecule has 0 spiro atoms. The fraction of sp³-hybridized carbons (Fsp3) is 0.357. The number of nitrogens with one attached hydrogen (secondary N) is 1. The molecule has 0 radical (unpaired) electrons. The van der Waals surface area contributed by atoms with Gasteiger partial charge in [0.25, 0.3) is 0 Å². The minimum Gasteiger partial charge on any atom is -0.491 e. The smallest absolute Gasteiger partial charge is 0.125 e. The third-order valence-corrected chi connectivity index (χ3v) is 3.30. The molecule has 2 aromatic rings. The number of halogens is 1. The Morgan fingerprint density at radius 3 is 2.95 bits per heavy atom. The van der Waals surface area contributed by atoms with Crippen LogP contribution in [0.5, 0.6) is 5.75 Å². The number of imidazole rings is 1. The normalized spacial score (nSPS) is 10.7. The van der Waals surface area contributed by atoms with E-state index in [0.29, 0.717) is 13.2 Å². The molecule has 0 fully saturated rings. The topological polar surface area (TPSA) is 39.1 Å². The van der Waals surface area contributed by atoms with Gasteiger partial charge in [-0.15, -0.1) is 0 Å². The average molecular weight is 280 g/mol. The van der Waals surface area contributed by atoms with E-state index in [0.717, 1.165) is 28.7 Å². The molecule has 1 N–H and O–H groups in total. The predicted molar refractivity (Wildman–Crippen MR) is 76.7 cm³/mol. The van der Waals surface area contributed by atoms with Gasteiger partial charge in [0, 0.05) is 29.5 Å². The van der Waals surface area contributed by atoms with Crippen molar-refractivity contribution in [1.82, 2.24) is 14.9 Å². The van der Waals surface area contributed by atoms with Crippen molar-refractivity contribution >= 4 is 11.6 Å². The van der Waals surface area contributed by atoms with E-state index in [2.05, 4.69) is 14.9 Å². The van der Waals surface area contributed by atoms with Gasteiger partial charge >= 0.3 is 0 Å². The van der Waals surface area contributed by atoms with Crippen LogP contribution >= 0.6 is 11.6 Å². The lowest BCUT2D eigenvalue weighted by Crippen LogP contribution is -2.12. The van der Waals surface area contributed by atoms with Crippen LogP contribution < -0.4 is 10.1 Å². The van der Waals surface area contributed by atoms with E-state index >= 15 is 0 Å². The first-order chi connectivity index (χ1) is 9.22. The molecule has 4 nitrogen and oxygen atoms in total. The van der Waals surface area contributed by atoms with E-state index in [1.54, 1.807) is 6.20 Å². The van der Waals surface area contributed by atoms with Crippen LogP contribution in [0.1, 0.15) is 11.4 Å². The summed E-state index contributed by atoms with van der Waals surface area (Å²) in [6.07, 6.45) is 3.74. The summed E-state index contributed by atoms with van der Waals surface area (Å²) in [4.78, 5) is 4.18. The Hall–Kier alpha value is -1.52. The minimum absolute atomic E-state index is 0.592. The van der Waals surface area contributed by atoms with Gasteiger partial charge in [0.1, 0.15) is 18.2 Å². The second kappa shape index (κ2) is 6.59. The molecule has 0 unspecified atom stereocenters. The van der Waals surface area contributed by atoms with Gasteiger partial charge in [-0.2, -0.15) is 0 Å². The molecule has 0 bridgehead atoms. The summed E-state index contributed by atoms with van der Waals surface area (Å²) in [5.74, 6) is 1.82. The lowest BCUT2D eigenvalue weighted by atomic mass is 10.2. The molecule has 0 saturated carbocycles.